The Hall–Kier alpha value is -0.880. The van der Waals surface area contributed by atoms with Crippen LogP contribution in [0, 0.1) is 23.7 Å². The van der Waals surface area contributed by atoms with Gasteiger partial charge in [0.15, 0.2) is 0 Å². The molecule has 0 amide bonds. The van der Waals surface area contributed by atoms with Gasteiger partial charge < -0.3 is 0 Å². The lowest BCUT2D eigenvalue weighted by molar-refractivity contribution is 0.274. The molecule has 0 saturated carbocycles. The fourth-order valence-electron chi connectivity index (χ4n) is 0.272. The third kappa shape index (κ3) is 7.01. The van der Waals surface area contributed by atoms with Crippen LogP contribution in [0.15, 0.2) is 0 Å². The van der Waals surface area contributed by atoms with Crippen LogP contribution in [0.4, 0.5) is 0 Å². The van der Waals surface area contributed by atoms with Crippen LogP contribution in [-0.2, 0) is 19.7 Å². The summed E-state index contributed by atoms with van der Waals surface area (Å²) in [6.07, 6.45) is 5.00. The van der Waals surface area contributed by atoms with Gasteiger partial charge in [0.1, 0.15) is 6.61 Å². The highest BCUT2D eigenvalue weighted by Gasteiger charge is 1.97. The van der Waals surface area contributed by atoms with Crippen LogP contribution in [0.3, 0.4) is 0 Å². The molecule has 0 heterocycles. The second-order valence-corrected chi connectivity index (χ2v) is 2.28. The van der Waals surface area contributed by atoms with E-state index in [4.69, 9.17) is 11.7 Å². The Morgan fingerprint density at radius 2 is 2.27 bits per heavy atom. The van der Waals surface area contributed by atoms with E-state index >= 15 is 0 Å². The fourth-order valence-corrected chi connectivity index (χ4v) is 0.723. The molecule has 1 unspecified atom stereocenters. The summed E-state index contributed by atoms with van der Waals surface area (Å²) >= 11 is -1.82. The Balaban J connectivity index is 3.26. The Morgan fingerprint density at radius 3 is 2.82 bits per heavy atom. The summed E-state index contributed by atoms with van der Waals surface area (Å²) in [4.78, 5) is 0. The van der Waals surface area contributed by atoms with Crippen molar-refractivity contribution in [2.24, 2.45) is 0 Å². The minimum atomic E-state index is -1.82. The van der Waals surface area contributed by atoms with Crippen molar-refractivity contribution in [1.82, 2.24) is 0 Å². The van der Waals surface area contributed by atoms with Gasteiger partial charge in [0.2, 0.25) is 0 Å². The number of hydrogen-bond acceptors (Lipinski definition) is 4. The average Bonchev–Trinajstić information content (AvgIpc) is 2.01. The van der Waals surface area contributed by atoms with Crippen molar-refractivity contribution in [3.8, 4) is 18.4 Å². The molecule has 11 heavy (non-hydrogen) atoms. The highest BCUT2D eigenvalue weighted by atomic mass is 32.2. The van der Waals surface area contributed by atoms with Crippen molar-refractivity contribution < 1.29 is 12.6 Å². The Labute approximate surface area is 68.0 Å². The summed E-state index contributed by atoms with van der Waals surface area (Å²) < 4.78 is 19.5. The minimum absolute atomic E-state index is 0.0564. The van der Waals surface area contributed by atoms with Gasteiger partial charge in [-0.1, -0.05) is 5.92 Å². The zero-order valence-electron chi connectivity index (χ0n) is 5.78. The predicted octanol–water partition coefficient (Wildman–Crippen LogP) is 0.145. The van der Waals surface area contributed by atoms with Crippen LogP contribution in [0.1, 0.15) is 6.42 Å². The lowest BCUT2D eigenvalue weighted by Crippen LogP contribution is -2.03. The highest BCUT2D eigenvalue weighted by molar-refractivity contribution is 7.75. The van der Waals surface area contributed by atoms with E-state index in [9.17, 15) is 4.21 Å². The summed E-state index contributed by atoms with van der Waals surface area (Å²) in [5.74, 6) is 2.13. The maximum atomic E-state index is 10.5. The molecular formula is C6H7NO3S. The normalized spacial score (nSPS) is 11.5. The first-order valence-corrected chi connectivity index (χ1v) is 3.80. The van der Waals surface area contributed by atoms with Gasteiger partial charge in [0, 0.05) is 0 Å². The van der Waals surface area contributed by atoms with Gasteiger partial charge >= 0.3 is 11.4 Å². The minimum Gasteiger partial charge on any atom is -0.267 e. The van der Waals surface area contributed by atoms with E-state index in [1.54, 1.807) is 0 Å². The van der Waals surface area contributed by atoms with Gasteiger partial charge in [-0.25, -0.2) is 0 Å². The molecule has 0 saturated heterocycles. The lowest BCUT2D eigenvalue weighted by Gasteiger charge is -1.96. The number of rotatable bonds is 5. The van der Waals surface area contributed by atoms with Crippen molar-refractivity contribution in [1.29, 1.82) is 5.26 Å². The van der Waals surface area contributed by atoms with E-state index in [0.29, 0.717) is 0 Å². The van der Waals surface area contributed by atoms with Crippen LogP contribution >= 0.6 is 0 Å². The van der Waals surface area contributed by atoms with E-state index in [2.05, 4.69) is 14.3 Å². The molecule has 0 aromatic heterocycles. The van der Waals surface area contributed by atoms with E-state index in [-0.39, 0.29) is 19.6 Å². The van der Waals surface area contributed by atoms with Gasteiger partial charge in [-0.05, 0) is 0 Å². The quantitative estimate of drug-likeness (QED) is 0.438. The Kier molecular flexibility index (Phi) is 6.65. The van der Waals surface area contributed by atoms with E-state index in [0.717, 1.165) is 0 Å². The molecule has 0 fully saturated rings. The molecule has 5 heteroatoms. The third-order valence-electron chi connectivity index (χ3n) is 0.632. The largest absolute Gasteiger partial charge is 0.305 e. The van der Waals surface area contributed by atoms with Gasteiger partial charge in [-0.3, -0.25) is 8.37 Å². The Morgan fingerprint density at radius 1 is 1.55 bits per heavy atom. The van der Waals surface area contributed by atoms with Crippen LogP contribution in [0.25, 0.3) is 0 Å². The summed E-state index contributed by atoms with van der Waals surface area (Å²) in [6, 6.07) is 1.82. The van der Waals surface area contributed by atoms with Gasteiger partial charge in [0.25, 0.3) is 0 Å². The van der Waals surface area contributed by atoms with Gasteiger partial charge in [-0.15, -0.1) is 6.42 Å². The molecule has 0 N–H and O–H groups in total. The van der Waals surface area contributed by atoms with Crippen LogP contribution in [0.5, 0.6) is 0 Å². The van der Waals surface area contributed by atoms with Crippen molar-refractivity contribution in [2.45, 2.75) is 6.42 Å². The molecule has 0 spiro atoms. The SMILES string of the molecule is C#CCOS(=O)OCCC#N. The third-order valence-corrected chi connectivity index (χ3v) is 1.30. The summed E-state index contributed by atoms with van der Waals surface area (Å²) in [6.45, 7) is 0.0346. The number of nitrogens with zero attached hydrogens (tertiary/aromatic N) is 1. The highest BCUT2D eigenvalue weighted by Crippen LogP contribution is 1.89. The number of terminal acetylenes is 1. The molecule has 0 bridgehead atoms. The van der Waals surface area contributed by atoms with E-state index < -0.39 is 11.4 Å². The molecule has 4 nitrogen and oxygen atoms in total. The van der Waals surface area contributed by atoms with Crippen molar-refractivity contribution in [3.05, 3.63) is 0 Å². The standard InChI is InChI=1S/C6H7NO3S/c1-2-5-9-11(8)10-6-3-4-7/h1H,3,5-6H2. The molecule has 0 aliphatic heterocycles. The molecular weight excluding hydrogens is 166 g/mol. The zero-order valence-corrected chi connectivity index (χ0v) is 6.60. The monoisotopic (exact) mass is 173 g/mol. The summed E-state index contributed by atoms with van der Waals surface area (Å²) in [7, 11) is 0. The topological polar surface area (TPSA) is 59.3 Å². The molecule has 0 aliphatic rings. The average molecular weight is 173 g/mol. The first-order chi connectivity index (χ1) is 5.31. The van der Waals surface area contributed by atoms with E-state index in [1.165, 1.54) is 0 Å². The fraction of sp³-hybridized carbons (Fsp3) is 0.500. The van der Waals surface area contributed by atoms with Crippen LogP contribution in [0.2, 0.25) is 0 Å². The molecule has 1 atom stereocenters. The second kappa shape index (κ2) is 7.23. The van der Waals surface area contributed by atoms with Crippen molar-refractivity contribution in [3.63, 3.8) is 0 Å². The Bertz CT molecular complexity index is 203. The molecule has 0 aromatic carbocycles. The van der Waals surface area contributed by atoms with E-state index in [1.807, 2.05) is 6.07 Å². The number of nitriles is 1. The van der Waals surface area contributed by atoms with Gasteiger partial charge in [-0.2, -0.15) is 9.47 Å². The van der Waals surface area contributed by atoms with Crippen LogP contribution < -0.4 is 0 Å². The zero-order chi connectivity index (χ0) is 8.53. The molecule has 60 valence electrons. The van der Waals surface area contributed by atoms with Crippen molar-refractivity contribution >= 4 is 11.4 Å². The smallest absolute Gasteiger partial charge is 0.267 e. The summed E-state index contributed by atoms with van der Waals surface area (Å²) in [5.41, 5.74) is 0. The number of hydrogen-bond donors (Lipinski definition) is 0. The van der Waals surface area contributed by atoms with Crippen molar-refractivity contribution in [2.75, 3.05) is 13.2 Å². The first-order valence-electron chi connectivity index (χ1n) is 2.80. The van der Waals surface area contributed by atoms with Crippen LogP contribution in [-0.4, -0.2) is 17.4 Å². The maximum Gasteiger partial charge on any atom is 0.305 e. The molecule has 0 aromatic rings. The molecule has 0 rings (SSSR count). The predicted molar refractivity (Wildman–Crippen MR) is 39.1 cm³/mol. The maximum absolute atomic E-state index is 10.5. The first kappa shape index (κ1) is 10.1. The molecule has 0 aliphatic carbocycles. The lowest BCUT2D eigenvalue weighted by atomic mass is 10.5. The summed E-state index contributed by atoms with van der Waals surface area (Å²) in [5, 5.41) is 8.05. The molecule has 0 radical (unpaired) electrons. The second-order valence-electron chi connectivity index (χ2n) is 1.40. The van der Waals surface area contributed by atoms with Gasteiger partial charge in [0.05, 0.1) is 19.1 Å².